The molecule has 0 heterocycles. The summed E-state index contributed by atoms with van der Waals surface area (Å²) in [7, 11) is 0. The Hall–Kier alpha value is -1.02. The minimum absolute atomic E-state index is 3.41. The van der Waals surface area contributed by atoms with E-state index in [0.29, 0.717) is 0 Å². The molecule has 0 amide bonds. The Morgan fingerprint density at radius 3 is 1.15 bits per heavy atom. The van der Waals surface area contributed by atoms with Crippen molar-refractivity contribution in [3.8, 4) is 0 Å². The molecule has 0 aromatic heterocycles. The summed E-state index contributed by atoms with van der Waals surface area (Å²) in [4.78, 5) is 0. The third-order valence-electron chi connectivity index (χ3n) is 3.05. The molecule has 0 aromatic rings. The van der Waals surface area contributed by atoms with Gasteiger partial charge >= 0.3 is 24.2 Å². The standard InChI is InChI=1S/C10H4ClF15/c11-3(4(12)13)7(17,10(24,25)26)6(15,16)2-1-5(14,8(18,19)20)9(21,22)23/h1-2H2. The minimum atomic E-state index is -6.99. The predicted octanol–water partition coefficient (Wildman–Crippen LogP) is 6.85. The summed E-state index contributed by atoms with van der Waals surface area (Å²) in [6, 6.07) is 0. The third-order valence-corrected chi connectivity index (χ3v) is 3.45. The first kappa shape index (κ1) is 25.0. The van der Waals surface area contributed by atoms with Gasteiger partial charge in [-0.05, 0) is 0 Å². The van der Waals surface area contributed by atoms with Crippen molar-refractivity contribution in [3.63, 3.8) is 0 Å². The first-order chi connectivity index (χ1) is 11.1. The van der Waals surface area contributed by atoms with E-state index in [9.17, 15) is 65.9 Å². The fraction of sp³-hybridized carbons (Fsp3) is 0.800. The van der Waals surface area contributed by atoms with E-state index in [2.05, 4.69) is 11.6 Å². The highest BCUT2D eigenvalue weighted by molar-refractivity contribution is 6.31. The van der Waals surface area contributed by atoms with Gasteiger partial charge in [0.25, 0.3) is 17.7 Å². The molecule has 156 valence electrons. The maximum absolute atomic E-state index is 13.7. The summed E-state index contributed by atoms with van der Waals surface area (Å²) in [5, 5.41) is -3.52. The van der Waals surface area contributed by atoms with Crippen molar-refractivity contribution in [2.45, 2.75) is 48.6 Å². The number of hydrogen-bond acceptors (Lipinski definition) is 0. The van der Waals surface area contributed by atoms with Crippen LogP contribution in [-0.4, -0.2) is 35.8 Å². The van der Waals surface area contributed by atoms with E-state index >= 15 is 0 Å². The molecule has 0 bridgehead atoms. The first-order valence-electron chi connectivity index (χ1n) is 5.73. The normalized spacial score (nSPS) is 17.1. The summed E-state index contributed by atoms with van der Waals surface area (Å²) in [5.74, 6) is -6.42. The summed E-state index contributed by atoms with van der Waals surface area (Å²) in [5.41, 5.74) is -13.0. The van der Waals surface area contributed by atoms with Gasteiger partial charge in [-0.1, -0.05) is 11.6 Å². The van der Waals surface area contributed by atoms with E-state index in [1.165, 1.54) is 0 Å². The van der Waals surface area contributed by atoms with Crippen LogP contribution in [0.5, 0.6) is 0 Å². The maximum atomic E-state index is 13.7. The second-order valence-electron chi connectivity index (χ2n) is 4.73. The molecule has 0 nitrogen and oxygen atoms in total. The molecule has 0 aromatic carbocycles. The van der Waals surface area contributed by atoms with Crippen LogP contribution in [0.2, 0.25) is 0 Å². The highest BCUT2D eigenvalue weighted by Crippen LogP contribution is 2.56. The molecule has 0 N–H and O–H groups in total. The Bertz CT molecular complexity index is 520. The lowest BCUT2D eigenvalue weighted by Crippen LogP contribution is -2.58. The Balaban J connectivity index is 6.15. The van der Waals surface area contributed by atoms with Crippen LogP contribution in [0.1, 0.15) is 12.8 Å². The van der Waals surface area contributed by atoms with E-state index in [1.807, 2.05) is 0 Å². The van der Waals surface area contributed by atoms with Crippen LogP contribution in [0, 0.1) is 0 Å². The minimum Gasteiger partial charge on any atom is -0.224 e. The zero-order valence-corrected chi connectivity index (χ0v) is 12.2. The summed E-state index contributed by atoms with van der Waals surface area (Å²) in [6.07, 6.45) is -31.6. The fourth-order valence-corrected chi connectivity index (χ4v) is 1.81. The van der Waals surface area contributed by atoms with Gasteiger partial charge in [-0.25, -0.2) is 17.6 Å². The van der Waals surface area contributed by atoms with Crippen molar-refractivity contribution in [1.29, 1.82) is 0 Å². The average Bonchev–Trinajstić information content (AvgIpc) is 2.38. The number of allylic oxidation sites excluding steroid dienone is 1. The number of alkyl halides is 13. The van der Waals surface area contributed by atoms with Crippen molar-refractivity contribution in [2.75, 3.05) is 0 Å². The molecule has 0 aliphatic carbocycles. The summed E-state index contributed by atoms with van der Waals surface area (Å²) < 4.78 is 188. The number of rotatable bonds is 5. The molecule has 0 saturated carbocycles. The Kier molecular flexibility index (Phi) is 6.59. The van der Waals surface area contributed by atoms with Gasteiger partial charge in [0, 0.05) is 12.8 Å². The molecule has 1 atom stereocenters. The fourth-order valence-electron chi connectivity index (χ4n) is 1.57. The van der Waals surface area contributed by atoms with E-state index < -0.39 is 59.7 Å². The molecule has 1 unspecified atom stereocenters. The quantitative estimate of drug-likeness (QED) is 0.407. The monoisotopic (exact) mass is 444 g/mol. The largest absolute Gasteiger partial charge is 0.433 e. The molecule has 16 heteroatoms. The number of hydrogen-bond donors (Lipinski definition) is 0. The molecule has 0 fully saturated rings. The Morgan fingerprint density at radius 1 is 0.577 bits per heavy atom. The van der Waals surface area contributed by atoms with Crippen LogP contribution in [-0.2, 0) is 0 Å². The van der Waals surface area contributed by atoms with Crippen molar-refractivity contribution in [1.82, 2.24) is 0 Å². The molecule has 0 aliphatic rings. The molecule has 0 aliphatic heterocycles. The Morgan fingerprint density at radius 2 is 0.923 bits per heavy atom. The third kappa shape index (κ3) is 4.11. The number of halogens is 16. The van der Waals surface area contributed by atoms with Gasteiger partial charge in [0.15, 0.2) is 0 Å². The van der Waals surface area contributed by atoms with Crippen LogP contribution in [0.4, 0.5) is 65.9 Å². The van der Waals surface area contributed by atoms with Gasteiger partial charge in [0.2, 0.25) is 0 Å². The van der Waals surface area contributed by atoms with Crippen LogP contribution in [0.25, 0.3) is 0 Å². The van der Waals surface area contributed by atoms with Crippen LogP contribution in [0.3, 0.4) is 0 Å². The SMILES string of the molecule is FC(F)=C(Cl)C(F)(C(F)(F)F)C(F)(F)CCC(F)(C(F)(F)F)C(F)(F)F. The lowest BCUT2D eigenvalue weighted by Gasteiger charge is -2.36. The smallest absolute Gasteiger partial charge is 0.224 e. The lowest BCUT2D eigenvalue weighted by molar-refractivity contribution is -0.348. The predicted molar refractivity (Wildman–Crippen MR) is 55.1 cm³/mol. The topological polar surface area (TPSA) is 0 Å². The lowest BCUT2D eigenvalue weighted by atomic mass is 9.88. The van der Waals surface area contributed by atoms with Crippen LogP contribution >= 0.6 is 11.6 Å². The molecule has 0 radical (unpaired) electrons. The van der Waals surface area contributed by atoms with E-state index in [-0.39, 0.29) is 0 Å². The van der Waals surface area contributed by atoms with Crippen molar-refractivity contribution in [3.05, 3.63) is 11.1 Å². The molecule has 0 rings (SSSR count). The van der Waals surface area contributed by atoms with Crippen LogP contribution in [0.15, 0.2) is 11.1 Å². The first-order valence-corrected chi connectivity index (χ1v) is 6.11. The van der Waals surface area contributed by atoms with Gasteiger partial charge in [-0.3, -0.25) is 0 Å². The van der Waals surface area contributed by atoms with Gasteiger partial charge in [0.05, 0.1) is 0 Å². The zero-order valence-electron chi connectivity index (χ0n) is 11.5. The molecule has 0 saturated heterocycles. The molecule has 26 heavy (non-hydrogen) atoms. The van der Waals surface area contributed by atoms with Gasteiger partial charge < -0.3 is 0 Å². The van der Waals surface area contributed by atoms with Crippen molar-refractivity contribution in [2.24, 2.45) is 0 Å². The highest BCUT2D eigenvalue weighted by Gasteiger charge is 2.77. The van der Waals surface area contributed by atoms with Crippen molar-refractivity contribution >= 4 is 11.6 Å². The molecular formula is C10H4ClF15. The maximum Gasteiger partial charge on any atom is 0.433 e. The van der Waals surface area contributed by atoms with E-state index in [1.54, 1.807) is 0 Å². The van der Waals surface area contributed by atoms with Gasteiger partial charge in [-0.15, -0.1) is 0 Å². The van der Waals surface area contributed by atoms with Gasteiger partial charge in [0.1, 0.15) is 5.03 Å². The van der Waals surface area contributed by atoms with Crippen molar-refractivity contribution < 1.29 is 65.9 Å². The Labute approximate surface area is 138 Å². The van der Waals surface area contributed by atoms with Gasteiger partial charge in [-0.2, -0.15) is 48.3 Å². The second-order valence-corrected chi connectivity index (χ2v) is 5.11. The van der Waals surface area contributed by atoms with Crippen LogP contribution < -0.4 is 0 Å². The molecule has 0 spiro atoms. The summed E-state index contributed by atoms with van der Waals surface area (Å²) >= 11 is 4.14. The zero-order chi connectivity index (χ0) is 21.6. The van der Waals surface area contributed by atoms with E-state index in [0.717, 1.165) is 0 Å². The summed E-state index contributed by atoms with van der Waals surface area (Å²) in [6.45, 7) is 0. The molecular weight excluding hydrogens is 441 g/mol. The second kappa shape index (κ2) is 6.86. The highest BCUT2D eigenvalue weighted by atomic mass is 35.5. The average molecular weight is 445 g/mol. The van der Waals surface area contributed by atoms with E-state index in [4.69, 9.17) is 0 Å².